The minimum atomic E-state index is -4.38. The second-order valence-electron chi connectivity index (χ2n) is 5.09. The first-order valence-corrected chi connectivity index (χ1v) is 6.85. The molecule has 0 heterocycles. The Labute approximate surface area is 123 Å². The summed E-state index contributed by atoms with van der Waals surface area (Å²) in [6, 6.07) is 7.33. The molecule has 0 spiro atoms. The molecule has 0 bridgehead atoms. The molecule has 21 heavy (non-hydrogen) atoms. The Kier molecular flexibility index (Phi) is 6.20. The third kappa shape index (κ3) is 6.16. The number of rotatable bonds is 6. The van der Waals surface area contributed by atoms with Gasteiger partial charge in [0.2, 0.25) is 5.91 Å². The van der Waals surface area contributed by atoms with Crippen LogP contribution in [0.25, 0.3) is 0 Å². The highest BCUT2D eigenvalue weighted by atomic mass is 19.4. The van der Waals surface area contributed by atoms with Crippen LogP contribution in [0.3, 0.4) is 0 Å². The van der Waals surface area contributed by atoms with Crippen LogP contribution in [0, 0.1) is 0 Å². The smallest absolute Gasteiger partial charge is 0.346 e. The van der Waals surface area contributed by atoms with Gasteiger partial charge in [-0.1, -0.05) is 31.2 Å². The van der Waals surface area contributed by atoms with Crippen LogP contribution in [0.4, 0.5) is 13.2 Å². The van der Waals surface area contributed by atoms with Crippen molar-refractivity contribution in [3.63, 3.8) is 0 Å². The summed E-state index contributed by atoms with van der Waals surface area (Å²) in [5.41, 5.74) is 2.24. The van der Waals surface area contributed by atoms with Crippen molar-refractivity contribution in [2.75, 3.05) is 13.6 Å². The molecule has 0 aliphatic rings. The summed E-state index contributed by atoms with van der Waals surface area (Å²) in [7, 11) is 1.71. The average molecular weight is 302 g/mol. The van der Waals surface area contributed by atoms with Crippen LogP contribution < -0.4 is 5.32 Å². The van der Waals surface area contributed by atoms with Crippen LogP contribution in [0.2, 0.25) is 0 Å². The molecular formula is C15H21F3N2O. The first-order valence-electron chi connectivity index (χ1n) is 6.85. The van der Waals surface area contributed by atoms with Crippen molar-refractivity contribution in [3.8, 4) is 0 Å². The van der Waals surface area contributed by atoms with Crippen molar-refractivity contribution in [2.45, 2.75) is 39.0 Å². The number of alkyl halides is 3. The van der Waals surface area contributed by atoms with E-state index in [4.69, 9.17) is 0 Å². The Morgan fingerprint density at radius 1 is 1.24 bits per heavy atom. The van der Waals surface area contributed by atoms with Gasteiger partial charge in [0.25, 0.3) is 0 Å². The summed E-state index contributed by atoms with van der Waals surface area (Å²) in [6.45, 7) is 2.86. The van der Waals surface area contributed by atoms with Gasteiger partial charge in [0.15, 0.2) is 0 Å². The molecule has 0 saturated heterocycles. The number of hydrogen-bond acceptors (Lipinski definition) is 2. The zero-order valence-electron chi connectivity index (χ0n) is 12.5. The fraction of sp³-hybridized carbons (Fsp3) is 0.533. The van der Waals surface area contributed by atoms with Gasteiger partial charge >= 0.3 is 6.18 Å². The number of aryl methyl sites for hydroxylation is 1. The maximum atomic E-state index is 12.1. The SMILES string of the molecule is CCc1ccc(CN(C)C(C)C(=O)NCC(F)(F)F)cc1. The number of hydrogen-bond donors (Lipinski definition) is 1. The van der Waals surface area contributed by atoms with Crippen molar-refractivity contribution in [1.82, 2.24) is 10.2 Å². The van der Waals surface area contributed by atoms with E-state index in [1.165, 1.54) is 5.56 Å². The number of amides is 1. The van der Waals surface area contributed by atoms with Crippen molar-refractivity contribution >= 4 is 5.91 Å². The Balaban J connectivity index is 2.52. The first-order chi connectivity index (χ1) is 9.73. The van der Waals surface area contributed by atoms with E-state index in [0.29, 0.717) is 6.54 Å². The fourth-order valence-electron chi connectivity index (χ4n) is 1.84. The van der Waals surface area contributed by atoms with E-state index in [-0.39, 0.29) is 0 Å². The number of likely N-dealkylation sites (N-methyl/N-ethyl adjacent to an activating group) is 1. The van der Waals surface area contributed by atoms with Crippen LogP contribution in [0.5, 0.6) is 0 Å². The number of carbonyl (C=O) groups is 1. The standard InChI is InChI=1S/C15H21F3N2O/c1-4-12-5-7-13(8-6-12)9-20(3)11(2)14(21)19-10-15(16,17)18/h5-8,11H,4,9-10H2,1-3H3,(H,19,21). The average Bonchev–Trinajstić information content (AvgIpc) is 2.43. The zero-order valence-corrected chi connectivity index (χ0v) is 12.5. The molecule has 1 amide bonds. The fourth-order valence-corrected chi connectivity index (χ4v) is 1.84. The number of nitrogens with zero attached hydrogens (tertiary/aromatic N) is 1. The zero-order chi connectivity index (χ0) is 16.0. The molecule has 0 saturated carbocycles. The molecule has 6 heteroatoms. The van der Waals surface area contributed by atoms with Crippen molar-refractivity contribution < 1.29 is 18.0 Å². The highest BCUT2D eigenvalue weighted by Gasteiger charge is 2.29. The highest BCUT2D eigenvalue weighted by Crippen LogP contribution is 2.13. The molecular weight excluding hydrogens is 281 g/mol. The van der Waals surface area contributed by atoms with Crippen molar-refractivity contribution in [3.05, 3.63) is 35.4 Å². The summed E-state index contributed by atoms with van der Waals surface area (Å²) in [5, 5.41) is 1.90. The van der Waals surface area contributed by atoms with E-state index in [1.807, 2.05) is 29.6 Å². The highest BCUT2D eigenvalue weighted by molar-refractivity contribution is 5.81. The predicted octanol–water partition coefficient (Wildman–Crippen LogP) is 2.75. The van der Waals surface area contributed by atoms with Crippen LogP contribution in [0.1, 0.15) is 25.0 Å². The Morgan fingerprint density at radius 3 is 2.24 bits per heavy atom. The summed E-state index contributed by atoms with van der Waals surface area (Å²) in [6.07, 6.45) is -3.43. The quantitative estimate of drug-likeness (QED) is 0.876. The Bertz CT molecular complexity index is 457. The van der Waals surface area contributed by atoms with E-state index < -0.39 is 24.7 Å². The number of benzene rings is 1. The van der Waals surface area contributed by atoms with E-state index in [9.17, 15) is 18.0 Å². The number of halogens is 3. The normalized spacial score (nSPS) is 13.3. The first kappa shape index (κ1) is 17.5. The summed E-state index contributed by atoms with van der Waals surface area (Å²) in [4.78, 5) is 13.4. The lowest BCUT2D eigenvalue weighted by Gasteiger charge is -2.24. The van der Waals surface area contributed by atoms with Crippen LogP contribution >= 0.6 is 0 Å². The van der Waals surface area contributed by atoms with Crippen LogP contribution in [-0.2, 0) is 17.8 Å². The Morgan fingerprint density at radius 2 is 1.76 bits per heavy atom. The molecule has 0 aliphatic carbocycles. The van der Waals surface area contributed by atoms with E-state index in [1.54, 1.807) is 18.9 Å². The van der Waals surface area contributed by atoms with Crippen molar-refractivity contribution in [2.24, 2.45) is 0 Å². The van der Waals surface area contributed by atoms with Gasteiger partial charge in [-0.25, -0.2) is 0 Å². The van der Waals surface area contributed by atoms with E-state index in [0.717, 1.165) is 12.0 Å². The van der Waals surface area contributed by atoms with Gasteiger partial charge in [-0.3, -0.25) is 9.69 Å². The monoisotopic (exact) mass is 302 g/mol. The molecule has 0 fully saturated rings. The second-order valence-corrected chi connectivity index (χ2v) is 5.09. The molecule has 1 aromatic rings. The van der Waals surface area contributed by atoms with Crippen LogP contribution in [-0.4, -0.2) is 36.6 Å². The largest absolute Gasteiger partial charge is 0.405 e. The lowest BCUT2D eigenvalue weighted by atomic mass is 10.1. The molecule has 1 atom stereocenters. The molecule has 0 radical (unpaired) electrons. The van der Waals surface area contributed by atoms with Gasteiger partial charge in [0, 0.05) is 6.54 Å². The third-order valence-corrected chi connectivity index (χ3v) is 3.37. The lowest BCUT2D eigenvalue weighted by molar-refractivity contribution is -0.141. The minimum Gasteiger partial charge on any atom is -0.346 e. The van der Waals surface area contributed by atoms with E-state index in [2.05, 4.69) is 6.92 Å². The molecule has 0 aromatic heterocycles. The lowest BCUT2D eigenvalue weighted by Crippen LogP contribution is -2.45. The summed E-state index contributed by atoms with van der Waals surface area (Å²) < 4.78 is 36.2. The maximum Gasteiger partial charge on any atom is 0.405 e. The third-order valence-electron chi connectivity index (χ3n) is 3.37. The topological polar surface area (TPSA) is 32.3 Å². The minimum absolute atomic E-state index is 0.505. The molecule has 0 aliphatic heterocycles. The molecule has 1 N–H and O–H groups in total. The maximum absolute atomic E-state index is 12.1. The molecule has 1 unspecified atom stereocenters. The van der Waals surface area contributed by atoms with Gasteiger partial charge in [0.05, 0.1) is 6.04 Å². The van der Waals surface area contributed by atoms with Gasteiger partial charge in [-0.15, -0.1) is 0 Å². The van der Waals surface area contributed by atoms with Gasteiger partial charge in [-0.05, 0) is 31.5 Å². The van der Waals surface area contributed by atoms with E-state index >= 15 is 0 Å². The molecule has 1 aromatic carbocycles. The van der Waals surface area contributed by atoms with Gasteiger partial charge < -0.3 is 5.32 Å². The molecule has 1 rings (SSSR count). The van der Waals surface area contributed by atoms with Gasteiger partial charge in [-0.2, -0.15) is 13.2 Å². The molecule has 118 valence electrons. The van der Waals surface area contributed by atoms with Crippen molar-refractivity contribution in [1.29, 1.82) is 0 Å². The molecule has 3 nitrogen and oxygen atoms in total. The number of carbonyl (C=O) groups excluding carboxylic acids is 1. The number of nitrogens with one attached hydrogen (secondary N) is 1. The van der Waals surface area contributed by atoms with Gasteiger partial charge in [0.1, 0.15) is 6.54 Å². The second kappa shape index (κ2) is 7.45. The summed E-state index contributed by atoms with van der Waals surface area (Å²) in [5.74, 6) is -0.625. The van der Waals surface area contributed by atoms with Crippen LogP contribution in [0.15, 0.2) is 24.3 Å². The predicted molar refractivity (Wildman–Crippen MR) is 75.8 cm³/mol. The summed E-state index contributed by atoms with van der Waals surface area (Å²) >= 11 is 0. The Hall–Kier alpha value is -1.56.